The number of rotatable bonds is 6. The van der Waals surface area contributed by atoms with Crippen molar-refractivity contribution in [2.45, 2.75) is 13.0 Å². The lowest BCUT2D eigenvalue weighted by molar-refractivity contribution is -0.384. The number of amides is 1. The molecule has 0 unspecified atom stereocenters. The molecule has 0 heterocycles. The lowest BCUT2D eigenvalue weighted by Gasteiger charge is -2.16. The summed E-state index contributed by atoms with van der Waals surface area (Å²) in [4.78, 5) is 23.6. The van der Waals surface area contributed by atoms with Gasteiger partial charge in [0.05, 0.1) is 11.0 Å². The van der Waals surface area contributed by atoms with Crippen molar-refractivity contribution in [2.75, 3.05) is 0 Å². The first-order valence-corrected chi connectivity index (χ1v) is 9.02. The standard InChI is InChI=1S/C23H19FN2O3/c1-16(18-10-12-20(24)13-11-18)25-23(27)22(19-7-3-2-4-8-19)15-17-6-5-9-21(14-17)26(28)29/h2-16H,1H3,(H,25,27)/b22-15+/t16-/m1/s1. The Morgan fingerprint density at radius 3 is 2.38 bits per heavy atom. The number of nitrogens with zero attached hydrogens (tertiary/aromatic N) is 1. The molecular formula is C23H19FN2O3. The average Bonchev–Trinajstić information content (AvgIpc) is 2.73. The van der Waals surface area contributed by atoms with Crippen LogP contribution in [0.5, 0.6) is 0 Å². The fraction of sp³-hybridized carbons (Fsp3) is 0.0870. The lowest BCUT2D eigenvalue weighted by atomic mass is 10.0. The van der Waals surface area contributed by atoms with Crippen LogP contribution >= 0.6 is 0 Å². The smallest absolute Gasteiger partial charge is 0.270 e. The fourth-order valence-electron chi connectivity index (χ4n) is 2.90. The summed E-state index contributed by atoms with van der Waals surface area (Å²) >= 11 is 0. The third kappa shape index (κ3) is 5.13. The summed E-state index contributed by atoms with van der Waals surface area (Å²) in [6.07, 6.45) is 1.62. The van der Waals surface area contributed by atoms with Crippen molar-refractivity contribution in [3.63, 3.8) is 0 Å². The molecule has 146 valence electrons. The van der Waals surface area contributed by atoms with Crippen molar-refractivity contribution >= 4 is 23.2 Å². The number of nitro benzene ring substituents is 1. The normalized spacial score (nSPS) is 12.3. The number of hydrogen-bond acceptors (Lipinski definition) is 3. The van der Waals surface area contributed by atoms with E-state index in [1.165, 1.54) is 24.3 Å². The highest BCUT2D eigenvalue weighted by atomic mass is 19.1. The molecule has 6 heteroatoms. The third-order valence-corrected chi connectivity index (χ3v) is 4.44. The Hall–Kier alpha value is -3.80. The lowest BCUT2D eigenvalue weighted by Crippen LogP contribution is -2.27. The first-order chi connectivity index (χ1) is 13.9. The van der Waals surface area contributed by atoms with Gasteiger partial charge in [0, 0.05) is 17.7 Å². The largest absolute Gasteiger partial charge is 0.345 e. The van der Waals surface area contributed by atoms with Crippen LogP contribution in [0.2, 0.25) is 0 Å². The number of nitrogens with one attached hydrogen (secondary N) is 1. The van der Waals surface area contributed by atoms with E-state index < -0.39 is 4.92 Å². The Morgan fingerprint density at radius 2 is 1.72 bits per heavy atom. The summed E-state index contributed by atoms with van der Waals surface area (Å²) in [6, 6.07) is 20.7. The van der Waals surface area contributed by atoms with E-state index in [0.717, 1.165) is 5.56 Å². The van der Waals surface area contributed by atoms with Crippen LogP contribution in [0, 0.1) is 15.9 Å². The van der Waals surface area contributed by atoms with E-state index in [1.54, 1.807) is 49.4 Å². The zero-order valence-corrected chi connectivity index (χ0v) is 15.7. The first-order valence-electron chi connectivity index (χ1n) is 9.02. The zero-order valence-electron chi connectivity index (χ0n) is 15.7. The van der Waals surface area contributed by atoms with Gasteiger partial charge in [-0.15, -0.1) is 0 Å². The van der Waals surface area contributed by atoms with Crippen molar-refractivity contribution in [1.82, 2.24) is 5.32 Å². The number of benzene rings is 3. The van der Waals surface area contributed by atoms with E-state index in [1.807, 2.05) is 18.2 Å². The minimum Gasteiger partial charge on any atom is -0.345 e. The molecule has 1 amide bonds. The summed E-state index contributed by atoms with van der Waals surface area (Å²) in [5.41, 5.74) is 2.32. The molecule has 0 spiro atoms. The molecule has 0 aliphatic rings. The number of hydrogen-bond donors (Lipinski definition) is 1. The maximum atomic E-state index is 13.1. The second kappa shape index (κ2) is 8.93. The summed E-state index contributed by atoms with van der Waals surface area (Å²) in [5.74, 6) is -0.678. The molecular weight excluding hydrogens is 371 g/mol. The summed E-state index contributed by atoms with van der Waals surface area (Å²) < 4.78 is 13.1. The van der Waals surface area contributed by atoms with Crippen molar-refractivity contribution in [3.8, 4) is 0 Å². The van der Waals surface area contributed by atoms with Gasteiger partial charge in [-0.2, -0.15) is 0 Å². The van der Waals surface area contributed by atoms with Crippen molar-refractivity contribution in [2.24, 2.45) is 0 Å². The third-order valence-electron chi connectivity index (χ3n) is 4.44. The molecule has 0 fully saturated rings. The molecule has 29 heavy (non-hydrogen) atoms. The molecule has 1 N–H and O–H groups in total. The molecule has 0 bridgehead atoms. The molecule has 3 aromatic rings. The number of carbonyl (C=O) groups is 1. The Morgan fingerprint density at radius 1 is 1.03 bits per heavy atom. The van der Waals surface area contributed by atoms with E-state index >= 15 is 0 Å². The molecule has 0 saturated carbocycles. The van der Waals surface area contributed by atoms with Crippen LogP contribution in [-0.2, 0) is 4.79 Å². The van der Waals surface area contributed by atoms with Gasteiger partial charge >= 0.3 is 0 Å². The topological polar surface area (TPSA) is 72.2 Å². The van der Waals surface area contributed by atoms with E-state index in [2.05, 4.69) is 5.32 Å². The minimum atomic E-state index is -0.476. The quantitative estimate of drug-likeness (QED) is 0.274. The van der Waals surface area contributed by atoms with Gasteiger partial charge in [0.2, 0.25) is 0 Å². The predicted octanol–water partition coefficient (Wildman–Crippen LogP) is 5.15. The second-order valence-corrected chi connectivity index (χ2v) is 6.52. The van der Waals surface area contributed by atoms with Crippen molar-refractivity contribution < 1.29 is 14.1 Å². The Labute approximate surface area is 167 Å². The van der Waals surface area contributed by atoms with Gasteiger partial charge in [0.25, 0.3) is 11.6 Å². The maximum absolute atomic E-state index is 13.1. The van der Waals surface area contributed by atoms with E-state index in [0.29, 0.717) is 16.7 Å². The van der Waals surface area contributed by atoms with Crippen LogP contribution < -0.4 is 5.32 Å². The SMILES string of the molecule is C[C@@H](NC(=O)/C(=C/c1cccc([N+](=O)[O-])c1)c1ccccc1)c1ccc(F)cc1. The number of halogens is 1. The van der Waals surface area contributed by atoms with Crippen LogP contribution in [0.25, 0.3) is 11.6 Å². The predicted molar refractivity (Wildman–Crippen MR) is 110 cm³/mol. The van der Waals surface area contributed by atoms with Crippen LogP contribution in [0.1, 0.15) is 29.7 Å². The molecule has 1 atom stereocenters. The molecule has 3 rings (SSSR count). The molecule has 5 nitrogen and oxygen atoms in total. The monoisotopic (exact) mass is 390 g/mol. The molecule has 0 aliphatic heterocycles. The number of non-ortho nitro benzene ring substituents is 1. The zero-order chi connectivity index (χ0) is 20.8. The van der Waals surface area contributed by atoms with Crippen LogP contribution in [0.15, 0.2) is 78.9 Å². The van der Waals surface area contributed by atoms with Crippen LogP contribution in [-0.4, -0.2) is 10.8 Å². The van der Waals surface area contributed by atoms with Gasteiger partial charge in [-0.25, -0.2) is 4.39 Å². The summed E-state index contributed by atoms with van der Waals surface area (Å²) in [7, 11) is 0. The molecule has 3 aromatic carbocycles. The summed E-state index contributed by atoms with van der Waals surface area (Å²) in [6.45, 7) is 1.81. The van der Waals surface area contributed by atoms with Crippen LogP contribution in [0.4, 0.5) is 10.1 Å². The highest BCUT2D eigenvalue weighted by Gasteiger charge is 2.16. The summed E-state index contributed by atoms with van der Waals surface area (Å²) in [5, 5.41) is 14.0. The highest BCUT2D eigenvalue weighted by molar-refractivity contribution is 6.24. The molecule has 0 saturated heterocycles. The molecule has 0 aliphatic carbocycles. The minimum absolute atomic E-state index is 0.0498. The van der Waals surface area contributed by atoms with Gasteiger partial charge in [0.1, 0.15) is 5.82 Å². The molecule has 0 aromatic heterocycles. The van der Waals surface area contributed by atoms with Gasteiger partial charge in [-0.1, -0.05) is 54.6 Å². The first kappa shape index (κ1) is 19.9. The molecule has 0 radical (unpaired) electrons. The number of nitro groups is 1. The van der Waals surface area contributed by atoms with Crippen LogP contribution in [0.3, 0.4) is 0 Å². The van der Waals surface area contributed by atoms with Gasteiger partial charge in [-0.3, -0.25) is 14.9 Å². The highest BCUT2D eigenvalue weighted by Crippen LogP contribution is 2.23. The van der Waals surface area contributed by atoms with Gasteiger partial charge in [0.15, 0.2) is 0 Å². The van der Waals surface area contributed by atoms with E-state index in [-0.39, 0.29) is 23.5 Å². The van der Waals surface area contributed by atoms with Gasteiger partial charge in [-0.05, 0) is 41.8 Å². The fourth-order valence-corrected chi connectivity index (χ4v) is 2.90. The second-order valence-electron chi connectivity index (χ2n) is 6.52. The van der Waals surface area contributed by atoms with Crippen molar-refractivity contribution in [3.05, 3.63) is 111 Å². The Balaban J connectivity index is 1.93. The Bertz CT molecular complexity index is 1050. The number of carbonyl (C=O) groups excluding carboxylic acids is 1. The van der Waals surface area contributed by atoms with Gasteiger partial charge < -0.3 is 5.32 Å². The average molecular weight is 390 g/mol. The maximum Gasteiger partial charge on any atom is 0.270 e. The van der Waals surface area contributed by atoms with E-state index in [9.17, 15) is 19.3 Å². The Kier molecular flexibility index (Phi) is 6.14. The van der Waals surface area contributed by atoms with Crippen molar-refractivity contribution in [1.29, 1.82) is 0 Å². The van der Waals surface area contributed by atoms with E-state index in [4.69, 9.17) is 0 Å².